The zero-order chi connectivity index (χ0) is 22.0. The van der Waals surface area contributed by atoms with Crippen LogP contribution in [0.1, 0.15) is 49.0 Å². The average molecular weight is 442 g/mol. The molecule has 2 atom stereocenters. The van der Waals surface area contributed by atoms with Crippen molar-refractivity contribution in [3.05, 3.63) is 59.2 Å². The second-order valence-electron chi connectivity index (χ2n) is 8.27. The molecule has 2 aliphatic heterocycles. The van der Waals surface area contributed by atoms with Crippen molar-refractivity contribution >= 4 is 29.1 Å². The number of para-hydroxylation sites is 1. The molecule has 2 aliphatic rings. The molecule has 0 radical (unpaired) electrons. The van der Waals surface area contributed by atoms with Crippen molar-refractivity contribution in [2.45, 2.75) is 45.3 Å². The van der Waals surface area contributed by atoms with Gasteiger partial charge >= 0.3 is 0 Å². The summed E-state index contributed by atoms with van der Waals surface area (Å²) in [6.07, 6.45) is 7.69. The number of amides is 2. The Labute approximate surface area is 187 Å². The minimum atomic E-state index is -0.266. The van der Waals surface area contributed by atoms with E-state index in [0.717, 1.165) is 13.1 Å². The molecule has 7 nitrogen and oxygen atoms in total. The minimum Gasteiger partial charge on any atom is -0.330 e. The zero-order valence-corrected chi connectivity index (χ0v) is 18.7. The summed E-state index contributed by atoms with van der Waals surface area (Å²) < 4.78 is 1.91. The first-order chi connectivity index (χ1) is 14.9. The number of nitrogens with zero attached hydrogens (tertiary/aromatic N) is 4. The first kappa shape index (κ1) is 21.6. The Kier molecular flexibility index (Phi) is 6.43. The van der Waals surface area contributed by atoms with Gasteiger partial charge in [-0.3, -0.25) is 14.5 Å². The lowest BCUT2D eigenvalue weighted by molar-refractivity contribution is -0.128. The maximum Gasteiger partial charge on any atom is 0.273 e. The second kappa shape index (κ2) is 9.24. The number of anilines is 1. The predicted molar refractivity (Wildman–Crippen MR) is 121 cm³/mol. The second-order valence-corrected chi connectivity index (χ2v) is 8.68. The third kappa shape index (κ3) is 4.67. The van der Waals surface area contributed by atoms with E-state index < -0.39 is 0 Å². The summed E-state index contributed by atoms with van der Waals surface area (Å²) in [5.74, 6) is 0.421. The Morgan fingerprint density at radius 1 is 1.26 bits per heavy atom. The molecule has 0 spiro atoms. The molecule has 3 heterocycles. The Morgan fingerprint density at radius 2 is 2.00 bits per heavy atom. The van der Waals surface area contributed by atoms with Gasteiger partial charge in [0.15, 0.2) is 0 Å². The molecule has 1 aromatic carbocycles. The lowest BCUT2D eigenvalue weighted by Gasteiger charge is -2.32. The molecule has 2 aromatic rings. The largest absolute Gasteiger partial charge is 0.330 e. The van der Waals surface area contributed by atoms with E-state index in [1.54, 1.807) is 29.3 Å². The first-order valence-corrected chi connectivity index (χ1v) is 11.1. The van der Waals surface area contributed by atoms with Gasteiger partial charge in [-0.25, -0.2) is 4.98 Å². The first-order valence-electron chi connectivity index (χ1n) is 10.8. The molecule has 0 unspecified atom stereocenters. The molecule has 1 fully saturated rings. The van der Waals surface area contributed by atoms with Gasteiger partial charge in [0, 0.05) is 18.7 Å². The molecule has 164 valence electrons. The fourth-order valence-corrected chi connectivity index (χ4v) is 4.51. The van der Waals surface area contributed by atoms with Crippen molar-refractivity contribution in [3.8, 4) is 0 Å². The monoisotopic (exact) mass is 441 g/mol. The summed E-state index contributed by atoms with van der Waals surface area (Å²) in [6.45, 7) is 7.22. The van der Waals surface area contributed by atoms with E-state index in [1.165, 1.54) is 12.8 Å². The van der Waals surface area contributed by atoms with Crippen LogP contribution in [0.25, 0.3) is 0 Å². The SMILES string of the molecule is C[C@H](/C=C/C(=O)N1Cc2ncc(C(=O)Nc3ccccc3Cl)n2[C@@H](C)C1)N1CCCC1. The molecule has 8 heteroatoms. The maximum absolute atomic E-state index is 12.8. The van der Waals surface area contributed by atoms with E-state index in [1.807, 2.05) is 29.7 Å². The van der Waals surface area contributed by atoms with Crippen molar-refractivity contribution in [1.82, 2.24) is 19.4 Å². The fourth-order valence-electron chi connectivity index (χ4n) is 4.33. The smallest absolute Gasteiger partial charge is 0.273 e. The van der Waals surface area contributed by atoms with Crippen molar-refractivity contribution in [2.24, 2.45) is 0 Å². The highest BCUT2D eigenvalue weighted by molar-refractivity contribution is 6.33. The summed E-state index contributed by atoms with van der Waals surface area (Å²) in [5.41, 5.74) is 1.02. The molecule has 31 heavy (non-hydrogen) atoms. The average Bonchev–Trinajstić information content (AvgIpc) is 3.43. The number of carbonyl (C=O) groups is 2. The van der Waals surface area contributed by atoms with Gasteiger partial charge in [-0.05, 0) is 51.9 Å². The number of likely N-dealkylation sites (tertiary alicyclic amines) is 1. The van der Waals surface area contributed by atoms with Crippen LogP contribution in [0.3, 0.4) is 0 Å². The van der Waals surface area contributed by atoms with Crippen LogP contribution in [0.4, 0.5) is 5.69 Å². The van der Waals surface area contributed by atoms with Gasteiger partial charge in [-0.1, -0.05) is 29.8 Å². The highest BCUT2D eigenvalue weighted by atomic mass is 35.5. The predicted octanol–water partition coefficient (Wildman–Crippen LogP) is 3.73. The molecule has 0 aliphatic carbocycles. The standard InChI is InChI=1S/C23H28ClN5O2/c1-16(27-11-5-6-12-27)9-10-22(30)28-14-17(2)29-20(13-25-21(29)15-28)23(31)26-19-8-4-3-7-18(19)24/h3-4,7-10,13,16-17H,5-6,11-12,14-15H2,1-2H3,(H,26,31)/b10-9+/t16-,17+/m1/s1. The number of fused-ring (bicyclic) bond motifs is 1. The number of benzene rings is 1. The van der Waals surface area contributed by atoms with Crippen LogP contribution < -0.4 is 5.32 Å². The zero-order valence-electron chi connectivity index (χ0n) is 17.9. The third-order valence-corrected chi connectivity index (χ3v) is 6.36. The van der Waals surface area contributed by atoms with Crippen LogP contribution >= 0.6 is 11.6 Å². The van der Waals surface area contributed by atoms with Crippen LogP contribution in [-0.2, 0) is 11.3 Å². The molecule has 2 amide bonds. The normalized spacial score (nSPS) is 20.1. The Bertz CT molecular complexity index is 996. The Balaban J connectivity index is 1.44. The van der Waals surface area contributed by atoms with Gasteiger partial charge in [0.05, 0.1) is 29.5 Å². The van der Waals surface area contributed by atoms with Crippen molar-refractivity contribution < 1.29 is 9.59 Å². The van der Waals surface area contributed by atoms with E-state index >= 15 is 0 Å². The molecule has 0 saturated carbocycles. The molecule has 4 rings (SSSR count). The van der Waals surface area contributed by atoms with Crippen LogP contribution in [0, 0.1) is 0 Å². The third-order valence-electron chi connectivity index (χ3n) is 6.03. The van der Waals surface area contributed by atoms with E-state index in [9.17, 15) is 9.59 Å². The van der Waals surface area contributed by atoms with Gasteiger partial charge in [0.1, 0.15) is 11.5 Å². The Hall–Kier alpha value is -2.64. The number of imidazole rings is 1. The van der Waals surface area contributed by atoms with E-state index in [-0.39, 0.29) is 23.9 Å². The highest BCUT2D eigenvalue weighted by Gasteiger charge is 2.29. The number of aromatic nitrogens is 2. The van der Waals surface area contributed by atoms with Crippen molar-refractivity contribution in [1.29, 1.82) is 0 Å². The van der Waals surface area contributed by atoms with Crippen LogP contribution in [0.15, 0.2) is 42.6 Å². The minimum absolute atomic E-state index is 0.0192. The molecule has 1 aromatic heterocycles. The van der Waals surface area contributed by atoms with Gasteiger partial charge < -0.3 is 14.8 Å². The number of halogens is 1. The lowest BCUT2D eigenvalue weighted by Crippen LogP contribution is -2.40. The molecule has 1 saturated heterocycles. The molecular weight excluding hydrogens is 414 g/mol. The number of hydrogen-bond acceptors (Lipinski definition) is 4. The lowest BCUT2D eigenvalue weighted by atomic mass is 10.2. The van der Waals surface area contributed by atoms with E-state index in [4.69, 9.17) is 11.6 Å². The fraction of sp³-hybridized carbons (Fsp3) is 0.435. The topological polar surface area (TPSA) is 70.5 Å². The van der Waals surface area contributed by atoms with Crippen LogP contribution in [0.5, 0.6) is 0 Å². The van der Waals surface area contributed by atoms with Crippen molar-refractivity contribution in [2.75, 3.05) is 25.0 Å². The molecule has 1 N–H and O–H groups in total. The number of hydrogen-bond donors (Lipinski definition) is 1. The number of nitrogens with one attached hydrogen (secondary N) is 1. The van der Waals surface area contributed by atoms with Gasteiger partial charge in [0.25, 0.3) is 5.91 Å². The summed E-state index contributed by atoms with van der Waals surface area (Å²) in [7, 11) is 0. The molecule has 0 bridgehead atoms. The van der Waals surface area contributed by atoms with E-state index in [0.29, 0.717) is 35.3 Å². The Morgan fingerprint density at radius 3 is 2.74 bits per heavy atom. The summed E-state index contributed by atoms with van der Waals surface area (Å²) in [4.78, 5) is 34.2. The highest BCUT2D eigenvalue weighted by Crippen LogP contribution is 2.25. The number of carbonyl (C=O) groups excluding carboxylic acids is 2. The summed E-state index contributed by atoms with van der Waals surface area (Å²) in [6, 6.07) is 7.31. The summed E-state index contributed by atoms with van der Waals surface area (Å²) >= 11 is 6.16. The van der Waals surface area contributed by atoms with Gasteiger partial charge in [-0.15, -0.1) is 0 Å². The van der Waals surface area contributed by atoms with E-state index in [2.05, 4.69) is 22.1 Å². The van der Waals surface area contributed by atoms with Crippen LogP contribution in [-0.4, -0.2) is 56.8 Å². The summed E-state index contributed by atoms with van der Waals surface area (Å²) in [5, 5.41) is 3.33. The maximum atomic E-state index is 12.8. The van der Waals surface area contributed by atoms with Gasteiger partial charge in [0.2, 0.25) is 5.91 Å². The number of rotatable bonds is 5. The van der Waals surface area contributed by atoms with Crippen LogP contribution in [0.2, 0.25) is 5.02 Å². The molecular formula is C23H28ClN5O2. The van der Waals surface area contributed by atoms with Crippen molar-refractivity contribution in [3.63, 3.8) is 0 Å². The quantitative estimate of drug-likeness (QED) is 0.717. The van der Waals surface area contributed by atoms with Gasteiger partial charge in [-0.2, -0.15) is 0 Å².